The Hall–Kier alpha value is -0.370. The van der Waals surface area contributed by atoms with Crippen molar-refractivity contribution in [1.29, 1.82) is 0 Å². The van der Waals surface area contributed by atoms with Gasteiger partial charge in [0.05, 0.1) is 0 Å². The van der Waals surface area contributed by atoms with Gasteiger partial charge in [-0.1, -0.05) is 41.4 Å². The minimum Gasteiger partial charge on any atom is -0.443 e. The first-order chi connectivity index (χ1) is 5.70. The van der Waals surface area contributed by atoms with Crippen LogP contribution in [-0.2, 0) is 0 Å². The standard InChI is InChI=1S/C8H5Cl3O/c9-7(10)8(11)12-6-4-2-1-3-5-6/h1-5H. The SMILES string of the molecule is ClC(Cl)=C(Cl)Oc1ccccc1. The lowest BCUT2D eigenvalue weighted by Gasteiger charge is -2.02. The van der Waals surface area contributed by atoms with Gasteiger partial charge >= 0.3 is 0 Å². The van der Waals surface area contributed by atoms with Crippen LogP contribution in [0.15, 0.2) is 40.0 Å². The first kappa shape index (κ1) is 9.72. The van der Waals surface area contributed by atoms with Gasteiger partial charge in [0.25, 0.3) is 0 Å². The van der Waals surface area contributed by atoms with Crippen LogP contribution in [0, 0.1) is 0 Å². The van der Waals surface area contributed by atoms with Crippen LogP contribution in [0.1, 0.15) is 0 Å². The van der Waals surface area contributed by atoms with E-state index in [1.165, 1.54) is 0 Å². The summed E-state index contributed by atoms with van der Waals surface area (Å²) in [6.07, 6.45) is 0. The highest BCUT2D eigenvalue weighted by atomic mass is 35.5. The summed E-state index contributed by atoms with van der Waals surface area (Å²) < 4.78 is 4.97. The van der Waals surface area contributed by atoms with Gasteiger partial charge in [-0.3, -0.25) is 0 Å². The van der Waals surface area contributed by atoms with Gasteiger partial charge in [0.1, 0.15) is 5.75 Å². The van der Waals surface area contributed by atoms with Gasteiger partial charge in [0.15, 0.2) is 4.49 Å². The number of para-hydroxylation sites is 1. The third kappa shape index (κ3) is 2.94. The van der Waals surface area contributed by atoms with E-state index in [9.17, 15) is 0 Å². The summed E-state index contributed by atoms with van der Waals surface area (Å²) in [5.74, 6) is 0.598. The zero-order chi connectivity index (χ0) is 8.97. The maximum atomic E-state index is 5.54. The van der Waals surface area contributed by atoms with Crippen LogP contribution < -0.4 is 4.74 Å². The molecule has 0 aliphatic heterocycles. The molecule has 0 saturated carbocycles. The topological polar surface area (TPSA) is 9.23 Å². The van der Waals surface area contributed by atoms with Crippen molar-refractivity contribution in [2.24, 2.45) is 0 Å². The second-order valence-electron chi connectivity index (χ2n) is 1.95. The second-order valence-corrected chi connectivity index (χ2v) is 3.24. The van der Waals surface area contributed by atoms with Crippen molar-refractivity contribution in [2.75, 3.05) is 0 Å². The zero-order valence-corrected chi connectivity index (χ0v) is 8.20. The van der Waals surface area contributed by atoms with E-state index in [1.807, 2.05) is 18.2 Å². The van der Waals surface area contributed by atoms with Crippen LogP contribution in [0.5, 0.6) is 5.75 Å². The lowest BCUT2D eigenvalue weighted by atomic mass is 10.3. The highest BCUT2D eigenvalue weighted by Crippen LogP contribution is 2.21. The van der Waals surface area contributed by atoms with E-state index in [1.54, 1.807) is 12.1 Å². The first-order valence-electron chi connectivity index (χ1n) is 3.14. The molecule has 0 aliphatic rings. The molecule has 12 heavy (non-hydrogen) atoms. The van der Waals surface area contributed by atoms with E-state index in [-0.39, 0.29) is 9.71 Å². The Labute approximate surface area is 85.5 Å². The summed E-state index contributed by atoms with van der Waals surface area (Å²) in [6.45, 7) is 0. The van der Waals surface area contributed by atoms with E-state index in [2.05, 4.69) is 0 Å². The average Bonchev–Trinajstić information content (AvgIpc) is 2.06. The Kier molecular flexibility index (Phi) is 3.73. The van der Waals surface area contributed by atoms with Crippen molar-refractivity contribution in [2.45, 2.75) is 0 Å². The molecular weight excluding hydrogens is 218 g/mol. The molecule has 0 atom stereocenters. The average molecular weight is 223 g/mol. The monoisotopic (exact) mass is 222 g/mol. The van der Waals surface area contributed by atoms with Gasteiger partial charge in [-0.25, -0.2) is 0 Å². The molecule has 1 aromatic carbocycles. The number of halogens is 3. The lowest BCUT2D eigenvalue weighted by molar-refractivity contribution is 0.462. The lowest BCUT2D eigenvalue weighted by Crippen LogP contribution is -1.87. The van der Waals surface area contributed by atoms with Crippen LogP contribution in [0.4, 0.5) is 0 Å². The summed E-state index contributed by atoms with van der Waals surface area (Å²) in [6, 6.07) is 9.01. The van der Waals surface area contributed by atoms with Crippen molar-refractivity contribution >= 4 is 34.8 Å². The predicted octanol–water partition coefficient (Wildman–Crippen LogP) is 3.91. The Morgan fingerprint density at radius 2 is 1.58 bits per heavy atom. The van der Waals surface area contributed by atoms with E-state index >= 15 is 0 Å². The largest absolute Gasteiger partial charge is 0.443 e. The number of benzene rings is 1. The molecule has 0 saturated heterocycles. The Morgan fingerprint density at radius 1 is 1.00 bits per heavy atom. The molecule has 0 N–H and O–H groups in total. The fourth-order valence-electron chi connectivity index (χ4n) is 0.631. The van der Waals surface area contributed by atoms with Gasteiger partial charge in [-0.2, -0.15) is 0 Å². The van der Waals surface area contributed by atoms with Crippen LogP contribution in [0.2, 0.25) is 0 Å². The highest BCUT2D eigenvalue weighted by Gasteiger charge is 2.00. The van der Waals surface area contributed by atoms with Gasteiger partial charge in [0.2, 0.25) is 5.22 Å². The van der Waals surface area contributed by atoms with Gasteiger partial charge in [-0.15, -0.1) is 0 Å². The van der Waals surface area contributed by atoms with Crippen molar-refractivity contribution in [1.82, 2.24) is 0 Å². The number of hydrogen-bond acceptors (Lipinski definition) is 1. The summed E-state index contributed by atoms with van der Waals surface area (Å²) in [5, 5.41) is -0.0236. The van der Waals surface area contributed by atoms with Gasteiger partial charge in [0, 0.05) is 0 Å². The summed E-state index contributed by atoms with van der Waals surface area (Å²) in [7, 11) is 0. The van der Waals surface area contributed by atoms with Crippen molar-refractivity contribution in [3.63, 3.8) is 0 Å². The van der Waals surface area contributed by atoms with Crippen molar-refractivity contribution in [3.8, 4) is 5.75 Å². The maximum Gasteiger partial charge on any atom is 0.224 e. The van der Waals surface area contributed by atoms with Crippen LogP contribution in [-0.4, -0.2) is 0 Å². The molecule has 0 aromatic heterocycles. The molecule has 1 aromatic rings. The maximum absolute atomic E-state index is 5.54. The molecule has 1 nitrogen and oxygen atoms in total. The normalized spacial score (nSPS) is 9.25. The minimum atomic E-state index is -0.0829. The van der Waals surface area contributed by atoms with Crippen LogP contribution in [0.3, 0.4) is 0 Å². The first-order valence-corrected chi connectivity index (χ1v) is 4.27. The van der Waals surface area contributed by atoms with Gasteiger partial charge < -0.3 is 4.74 Å². The zero-order valence-electron chi connectivity index (χ0n) is 5.93. The smallest absolute Gasteiger partial charge is 0.224 e. The summed E-state index contributed by atoms with van der Waals surface area (Å²) >= 11 is 16.3. The third-order valence-electron chi connectivity index (χ3n) is 1.10. The molecule has 0 amide bonds. The van der Waals surface area contributed by atoms with Crippen molar-refractivity contribution < 1.29 is 4.74 Å². The molecule has 0 spiro atoms. The molecule has 0 fully saturated rings. The van der Waals surface area contributed by atoms with Crippen LogP contribution in [0.25, 0.3) is 0 Å². The molecule has 4 heteroatoms. The van der Waals surface area contributed by atoms with E-state index in [4.69, 9.17) is 39.5 Å². The molecule has 1 rings (SSSR count). The minimum absolute atomic E-state index is 0.0236. The predicted molar refractivity (Wildman–Crippen MR) is 51.7 cm³/mol. The number of rotatable bonds is 2. The Morgan fingerprint density at radius 3 is 2.08 bits per heavy atom. The third-order valence-corrected chi connectivity index (χ3v) is 1.90. The molecule has 64 valence electrons. The second kappa shape index (κ2) is 4.61. The molecular formula is C8H5Cl3O. The fraction of sp³-hybridized carbons (Fsp3) is 0. The van der Waals surface area contributed by atoms with Gasteiger partial charge in [-0.05, 0) is 23.7 Å². The number of hydrogen-bond donors (Lipinski definition) is 0. The molecule has 0 unspecified atom stereocenters. The van der Waals surface area contributed by atoms with Crippen LogP contribution >= 0.6 is 34.8 Å². The summed E-state index contributed by atoms with van der Waals surface area (Å²) in [4.78, 5) is 0. The molecule has 0 bridgehead atoms. The van der Waals surface area contributed by atoms with E-state index in [0.717, 1.165) is 0 Å². The van der Waals surface area contributed by atoms with E-state index < -0.39 is 0 Å². The van der Waals surface area contributed by atoms with Crippen molar-refractivity contribution in [3.05, 3.63) is 40.0 Å². The molecule has 0 radical (unpaired) electrons. The quantitative estimate of drug-likeness (QED) is 0.691. The Balaban J connectivity index is 2.72. The fourth-order valence-corrected chi connectivity index (χ4v) is 0.797. The molecule has 0 heterocycles. The number of ether oxygens (including phenoxy) is 1. The Bertz CT molecular complexity index is 278. The van der Waals surface area contributed by atoms with E-state index in [0.29, 0.717) is 5.75 Å². The highest BCUT2D eigenvalue weighted by molar-refractivity contribution is 6.59. The molecule has 0 aliphatic carbocycles. The summed E-state index contributed by atoms with van der Waals surface area (Å²) in [5.41, 5.74) is 0.